The molecule has 0 aromatic rings. The summed E-state index contributed by atoms with van der Waals surface area (Å²) in [6.07, 6.45) is 41.9. The van der Waals surface area contributed by atoms with Gasteiger partial charge in [0.1, 0.15) is 19.3 Å². The van der Waals surface area contributed by atoms with E-state index in [9.17, 15) is 43.2 Å². The first-order valence-electron chi connectivity index (χ1n) is 36.2. The Bertz CT molecular complexity index is 1760. The number of carbonyl (C=O) groups is 4. The first kappa shape index (κ1) is 87.1. The Kier molecular flexibility index (Phi) is 58.5. The molecule has 0 aromatic carbocycles. The number of aliphatic hydroxyl groups is 1. The summed E-state index contributed by atoms with van der Waals surface area (Å²) in [5.41, 5.74) is 0. The number of carbonyl (C=O) groups excluding carboxylic acids is 4. The van der Waals surface area contributed by atoms with Crippen molar-refractivity contribution in [1.82, 2.24) is 0 Å². The summed E-state index contributed by atoms with van der Waals surface area (Å²) in [6.45, 7) is 14.0. The average Bonchev–Trinajstić information content (AvgIpc) is 3.64. The molecule has 0 aromatic heterocycles. The Morgan fingerprint density at radius 2 is 0.472 bits per heavy atom. The number of phosphoric acid groups is 2. The van der Waals surface area contributed by atoms with E-state index in [4.69, 9.17) is 37.0 Å². The highest BCUT2D eigenvalue weighted by molar-refractivity contribution is 7.47. The van der Waals surface area contributed by atoms with Crippen molar-refractivity contribution in [2.75, 3.05) is 39.6 Å². The second-order valence-corrected chi connectivity index (χ2v) is 30.1. The molecule has 528 valence electrons. The van der Waals surface area contributed by atoms with Crippen LogP contribution in [0.5, 0.6) is 0 Å². The third kappa shape index (κ3) is 64.6. The summed E-state index contributed by atoms with van der Waals surface area (Å²) >= 11 is 0. The Hall–Kier alpha value is -1.94. The van der Waals surface area contributed by atoms with Gasteiger partial charge in [0, 0.05) is 25.7 Å². The Labute approximate surface area is 543 Å². The number of esters is 4. The zero-order valence-corrected chi connectivity index (χ0v) is 59.8. The minimum absolute atomic E-state index is 0.103. The molecule has 17 nitrogen and oxygen atoms in total. The minimum Gasteiger partial charge on any atom is -0.462 e. The van der Waals surface area contributed by atoms with Crippen LogP contribution in [0.2, 0.25) is 0 Å². The third-order valence-corrected chi connectivity index (χ3v) is 18.0. The largest absolute Gasteiger partial charge is 0.472 e. The van der Waals surface area contributed by atoms with Crippen molar-refractivity contribution in [1.29, 1.82) is 0 Å². The summed E-state index contributed by atoms with van der Waals surface area (Å²) in [5.74, 6) is 0.808. The fraction of sp³-hybridized carbons (Fsp3) is 0.943. The zero-order chi connectivity index (χ0) is 66.1. The first-order chi connectivity index (χ1) is 42.6. The molecular formula is C70H136O17P2. The molecule has 0 aliphatic heterocycles. The van der Waals surface area contributed by atoms with Crippen LogP contribution < -0.4 is 0 Å². The van der Waals surface area contributed by atoms with E-state index >= 15 is 0 Å². The number of rotatable bonds is 67. The molecule has 0 saturated carbocycles. The van der Waals surface area contributed by atoms with Crippen LogP contribution in [0.3, 0.4) is 0 Å². The molecule has 3 N–H and O–H groups in total. The van der Waals surface area contributed by atoms with Gasteiger partial charge in [-0.15, -0.1) is 0 Å². The number of unbranched alkanes of at least 4 members (excludes halogenated alkanes) is 33. The standard InChI is InChI=1S/C70H136O17P2/c1-60(2)46-38-30-22-15-13-11-9-10-12-14-16-26-34-42-50-67(72)80-56-65(86-69(74)52-44-36-27-19-17-23-31-39-47-61(3)4)58-84-88(76,77)82-54-64(71)55-83-89(78,79)85-59-66(57-81-68(73)51-43-35-29-21-25-33-41-49-63(7)8)87-70(75)53-45-37-28-20-18-24-32-40-48-62(5)6/h60-66,71H,9-59H2,1-8H3,(H,76,77)(H,78,79)/t64?,65-,66-/m1/s1. The summed E-state index contributed by atoms with van der Waals surface area (Å²) < 4.78 is 68.2. The van der Waals surface area contributed by atoms with E-state index in [1.807, 2.05) is 0 Å². The summed E-state index contributed by atoms with van der Waals surface area (Å²) in [6, 6.07) is 0. The molecule has 0 radical (unpaired) electrons. The molecule has 0 fully saturated rings. The van der Waals surface area contributed by atoms with Crippen molar-refractivity contribution in [3.63, 3.8) is 0 Å². The summed E-state index contributed by atoms with van der Waals surface area (Å²) in [5, 5.41) is 10.6. The molecule has 19 heteroatoms. The smallest absolute Gasteiger partial charge is 0.462 e. The van der Waals surface area contributed by atoms with Gasteiger partial charge in [0.25, 0.3) is 0 Å². The number of aliphatic hydroxyl groups excluding tert-OH is 1. The van der Waals surface area contributed by atoms with Crippen LogP contribution in [0.15, 0.2) is 0 Å². The monoisotopic (exact) mass is 1310 g/mol. The van der Waals surface area contributed by atoms with Crippen molar-refractivity contribution >= 4 is 39.5 Å². The van der Waals surface area contributed by atoms with Gasteiger partial charge in [-0.25, -0.2) is 9.13 Å². The molecule has 0 saturated heterocycles. The highest BCUT2D eigenvalue weighted by atomic mass is 31.2. The SMILES string of the molecule is CC(C)CCCCCCCCCCCCCCCCC(=O)OC[C@H](COP(=O)(O)OCC(O)COP(=O)(O)OC[C@@H](COC(=O)CCCCCCCCCC(C)C)OC(=O)CCCCCCCCCCC(C)C)OC(=O)CCCCCCCCCCC(C)C. The van der Waals surface area contributed by atoms with Gasteiger partial charge in [0.15, 0.2) is 12.2 Å². The predicted octanol–water partition coefficient (Wildman–Crippen LogP) is 19.7. The maximum Gasteiger partial charge on any atom is 0.472 e. The summed E-state index contributed by atoms with van der Waals surface area (Å²) in [7, 11) is -9.90. The molecule has 0 rings (SSSR count). The molecule has 0 heterocycles. The second-order valence-electron chi connectivity index (χ2n) is 27.2. The van der Waals surface area contributed by atoms with Crippen LogP contribution in [0.25, 0.3) is 0 Å². The van der Waals surface area contributed by atoms with Crippen LogP contribution in [0, 0.1) is 23.7 Å². The second kappa shape index (κ2) is 59.8. The predicted molar refractivity (Wildman–Crippen MR) is 358 cm³/mol. The van der Waals surface area contributed by atoms with Crippen LogP contribution in [-0.2, 0) is 65.4 Å². The van der Waals surface area contributed by atoms with Gasteiger partial charge in [-0.2, -0.15) is 0 Å². The van der Waals surface area contributed by atoms with Crippen molar-refractivity contribution in [3.8, 4) is 0 Å². The Balaban J connectivity index is 5.21. The van der Waals surface area contributed by atoms with Crippen LogP contribution >= 0.6 is 15.6 Å². The Morgan fingerprint density at radius 3 is 0.697 bits per heavy atom. The summed E-state index contributed by atoms with van der Waals surface area (Å²) in [4.78, 5) is 72.5. The van der Waals surface area contributed by atoms with Crippen molar-refractivity contribution in [3.05, 3.63) is 0 Å². The van der Waals surface area contributed by atoms with Gasteiger partial charge in [-0.05, 0) is 49.4 Å². The molecule has 0 aliphatic rings. The average molecular weight is 1310 g/mol. The zero-order valence-electron chi connectivity index (χ0n) is 58.1. The minimum atomic E-state index is -4.95. The maximum atomic E-state index is 13.0. The van der Waals surface area contributed by atoms with E-state index in [-0.39, 0.29) is 25.7 Å². The molecule has 0 spiro atoms. The molecule has 5 atom stereocenters. The highest BCUT2D eigenvalue weighted by Crippen LogP contribution is 2.45. The lowest BCUT2D eigenvalue weighted by Crippen LogP contribution is -2.30. The van der Waals surface area contributed by atoms with Gasteiger partial charge in [-0.1, -0.05) is 293 Å². The fourth-order valence-electron chi connectivity index (χ4n) is 10.5. The molecular weight excluding hydrogens is 1170 g/mol. The number of hydrogen-bond donors (Lipinski definition) is 3. The van der Waals surface area contributed by atoms with Gasteiger partial charge >= 0.3 is 39.5 Å². The van der Waals surface area contributed by atoms with Crippen molar-refractivity contribution < 1.29 is 80.2 Å². The number of ether oxygens (including phenoxy) is 4. The molecule has 89 heavy (non-hydrogen) atoms. The fourth-order valence-corrected chi connectivity index (χ4v) is 12.1. The molecule has 0 amide bonds. The van der Waals surface area contributed by atoms with E-state index in [2.05, 4.69) is 55.4 Å². The topological polar surface area (TPSA) is 237 Å². The maximum absolute atomic E-state index is 13.0. The molecule has 0 bridgehead atoms. The third-order valence-electron chi connectivity index (χ3n) is 16.1. The molecule has 3 unspecified atom stereocenters. The molecule has 0 aliphatic carbocycles. The van der Waals surface area contributed by atoms with Crippen LogP contribution in [-0.4, -0.2) is 96.7 Å². The van der Waals surface area contributed by atoms with Crippen molar-refractivity contribution in [2.24, 2.45) is 23.7 Å². The number of phosphoric ester groups is 2. The lowest BCUT2D eigenvalue weighted by atomic mass is 10.0. The number of hydrogen-bond acceptors (Lipinski definition) is 15. The van der Waals surface area contributed by atoms with Gasteiger partial charge in [0.05, 0.1) is 26.4 Å². The first-order valence-corrected chi connectivity index (χ1v) is 39.2. The van der Waals surface area contributed by atoms with Crippen LogP contribution in [0.1, 0.15) is 344 Å². The van der Waals surface area contributed by atoms with E-state index in [0.717, 1.165) is 114 Å². The van der Waals surface area contributed by atoms with Gasteiger partial charge in [0.2, 0.25) is 0 Å². The quantitative estimate of drug-likeness (QED) is 0.0222. The van der Waals surface area contributed by atoms with Gasteiger partial charge < -0.3 is 33.8 Å². The normalized spacial score (nSPS) is 14.3. The lowest BCUT2D eigenvalue weighted by molar-refractivity contribution is -0.161. The van der Waals surface area contributed by atoms with E-state index < -0.39 is 97.5 Å². The lowest BCUT2D eigenvalue weighted by Gasteiger charge is -2.21. The van der Waals surface area contributed by atoms with Gasteiger partial charge in [-0.3, -0.25) is 37.3 Å². The van der Waals surface area contributed by atoms with E-state index in [1.54, 1.807) is 0 Å². The highest BCUT2D eigenvalue weighted by Gasteiger charge is 2.30. The van der Waals surface area contributed by atoms with Crippen molar-refractivity contribution in [2.45, 2.75) is 363 Å². The van der Waals surface area contributed by atoms with E-state index in [1.165, 1.54) is 141 Å². The van der Waals surface area contributed by atoms with Crippen LogP contribution in [0.4, 0.5) is 0 Å². The Morgan fingerprint density at radius 1 is 0.281 bits per heavy atom. The van der Waals surface area contributed by atoms with E-state index in [0.29, 0.717) is 31.6 Å².